The van der Waals surface area contributed by atoms with E-state index in [1.54, 1.807) is 7.11 Å². The molecular weight excluding hydrogens is 1070 g/mol. The highest BCUT2D eigenvalue weighted by molar-refractivity contribution is 7.67. The number of esters is 3. The smallest absolute Gasteiger partial charge is 0.463 e. The summed E-state index contributed by atoms with van der Waals surface area (Å²) in [4.78, 5) is 84.5. The SMILES string of the molecule is CCCCCCCCCCCCCCC(=O)Oc1ccc(COP(=O)(Oc2ccc(OC(=O)CCCC(=O)OCCOCCOCCOC)cc2)OP(=O)(O)OP(=O)(O)OC[C@@H]2C=C[C@H](n3cc(C)c(=O)[nH]c3=O)O2)cc1. The van der Waals surface area contributed by atoms with E-state index >= 15 is 0 Å². The van der Waals surface area contributed by atoms with Crippen LogP contribution in [0.15, 0.2) is 76.5 Å². The van der Waals surface area contributed by atoms with Crippen LogP contribution in [0.1, 0.15) is 127 Å². The van der Waals surface area contributed by atoms with E-state index in [1.807, 2.05) is 0 Å². The van der Waals surface area contributed by atoms with E-state index in [1.165, 1.54) is 113 Å². The second-order valence-electron chi connectivity index (χ2n) is 17.6. The lowest BCUT2D eigenvalue weighted by Gasteiger charge is -2.22. The van der Waals surface area contributed by atoms with Crippen molar-refractivity contribution in [1.29, 1.82) is 0 Å². The first-order valence-corrected chi connectivity index (χ1v) is 30.1. The Morgan fingerprint density at radius 2 is 1.17 bits per heavy atom. The fourth-order valence-corrected chi connectivity index (χ4v) is 11.2. The number of unbranched alkanes of at least 4 members (excludes halogenated alkanes) is 11. The number of hydrogen-bond acceptors (Lipinski definition) is 20. The molecule has 0 saturated carbocycles. The van der Waals surface area contributed by atoms with Gasteiger partial charge in [-0.1, -0.05) is 95.8 Å². The summed E-state index contributed by atoms with van der Waals surface area (Å²) < 4.78 is 103. The first-order chi connectivity index (χ1) is 36.9. The minimum Gasteiger partial charge on any atom is -0.463 e. The third-order valence-corrected chi connectivity index (χ3v) is 15.8. The Hall–Kier alpha value is -4.64. The summed E-state index contributed by atoms with van der Waals surface area (Å²) in [5.41, 5.74) is -0.914. The van der Waals surface area contributed by atoms with Gasteiger partial charge in [-0.15, -0.1) is 0 Å². The first kappa shape index (κ1) is 64.9. The van der Waals surface area contributed by atoms with Crippen molar-refractivity contribution in [2.45, 2.75) is 136 Å². The normalized spacial score (nSPS) is 16.5. The summed E-state index contributed by atoms with van der Waals surface area (Å²) in [5, 5.41) is 0. The number of aromatic amines is 1. The quantitative estimate of drug-likeness (QED) is 0.0157. The van der Waals surface area contributed by atoms with Crippen molar-refractivity contribution in [1.82, 2.24) is 9.55 Å². The summed E-state index contributed by atoms with van der Waals surface area (Å²) in [6, 6.07) is 10.5. The molecule has 2 heterocycles. The Kier molecular flexibility index (Phi) is 29.6. The second kappa shape index (κ2) is 35.1. The van der Waals surface area contributed by atoms with Gasteiger partial charge in [0.15, 0.2) is 6.23 Å². The fourth-order valence-electron chi connectivity index (χ4n) is 7.15. The summed E-state index contributed by atoms with van der Waals surface area (Å²) >= 11 is 0. The molecule has 0 saturated heterocycles. The Morgan fingerprint density at radius 3 is 1.78 bits per heavy atom. The fraction of sp³-hybridized carbons (Fsp3) is 0.580. The van der Waals surface area contributed by atoms with Crippen LogP contribution < -0.4 is 25.2 Å². The average molecular weight is 1150 g/mol. The molecule has 0 fully saturated rings. The van der Waals surface area contributed by atoms with Gasteiger partial charge >= 0.3 is 47.1 Å². The van der Waals surface area contributed by atoms with Crippen molar-refractivity contribution in [3.63, 3.8) is 0 Å². The number of benzene rings is 2. The van der Waals surface area contributed by atoms with Crippen LogP contribution in [0.4, 0.5) is 0 Å². The number of carbonyl (C=O) groups excluding carboxylic acids is 3. The molecule has 2 aromatic carbocycles. The lowest BCUT2D eigenvalue weighted by molar-refractivity contribution is -0.145. The second-order valence-corrected chi connectivity index (χ2v) is 22.4. The standard InChI is InChI=1S/C50H73N2O22P3/c1-4-5-6-7-8-9-10-11-12-13-14-15-17-47(54)70-41-22-20-40(21-23-41)37-68-77(62,74-76(60,61)73-75(58,59)67-38-44-28-29-45(69-44)52-36-39(2)49(56)51-50(52)57)72-43-26-24-42(25-27-43)71-48(55)19-16-18-46(53)66-35-34-65-33-32-64-31-30-63-3/h20-29,36,44-45H,4-19,30-35,37-38H2,1-3H3,(H,58,59)(H,60,61)(H,51,56,57)/t44-,45+,77?/m0/s1. The molecule has 1 aliphatic rings. The van der Waals surface area contributed by atoms with E-state index in [0.29, 0.717) is 32.8 Å². The molecule has 1 aliphatic heterocycles. The molecule has 0 amide bonds. The molecule has 3 N–H and O–H groups in total. The van der Waals surface area contributed by atoms with Crippen LogP contribution in [0.2, 0.25) is 0 Å². The number of ether oxygens (including phenoxy) is 7. The van der Waals surface area contributed by atoms with Crippen LogP contribution in [-0.2, 0) is 76.0 Å². The topological polar surface area (TPSA) is 308 Å². The number of phosphoric acid groups is 3. The van der Waals surface area contributed by atoms with E-state index in [4.69, 9.17) is 51.0 Å². The molecule has 0 spiro atoms. The number of rotatable bonds is 41. The molecule has 3 aromatic rings. The highest BCUT2D eigenvalue weighted by Gasteiger charge is 2.45. The van der Waals surface area contributed by atoms with Crippen molar-refractivity contribution in [3.05, 3.63) is 98.8 Å². The third kappa shape index (κ3) is 27.2. The van der Waals surface area contributed by atoms with Gasteiger partial charge < -0.3 is 47.5 Å². The molecule has 0 radical (unpaired) electrons. The molecule has 430 valence electrons. The van der Waals surface area contributed by atoms with Gasteiger partial charge in [-0.2, -0.15) is 8.62 Å². The molecule has 0 bridgehead atoms. The number of aryl methyl sites for hydroxylation is 1. The van der Waals surface area contributed by atoms with Gasteiger partial charge in [-0.05, 0) is 67.8 Å². The van der Waals surface area contributed by atoms with Gasteiger partial charge in [0.2, 0.25) is 0 Å². The largest absolute Gasteiger partial charge is 0.539 e. The number of phosphoric ester groups is 2. The number of aromatic nitrogens is 2. The maximum absolute atomic E-state index is 14.2. The minimum absolute atomic E-state index is 0.0115. The third-order valence-electron chi connectivity index (χ3n) is 11.1. The number of nitrogens with zero attached hydrogens (tertiary/aromatic N) is 1. The van der Waals surface area contributed by atoms with E-state index in [2.05, 4.69) is 16.2 Å². The Morgan fingerprint density at radius 1 is 0.636 bits per heavy atom. The summed E-state index contributed by atoms with van der Waals surface area (Å²) in [6.07, 6.45) is 15.8. The van der Waals surface area contributed by atoms with Crippen LogP contribution in [0.5, 0.6) is 17.2 Å². The molecule has 3 unspecified atom stereocenters. The highest BCUT2D eigenvalue weighted by Crippen LogP contribution is 2.69. The van der Waals surface area contributed by atoms with E-state index < -0.39 is 78.2 Å². The predicted molar refractivity (Wildman–Crippen MR) is 278 cm³/mol. The maximum atomic E-state index is 14.2. The molecule has 24 nitrogen and oxygen atoms in total. The number of nitrogens with one attached hydrogen (secondary N) is 1. The van der Waals surface area contributed by atoms with Gasteiger partial charge in [0.1, 0.15) is 30.0 Å². The van der Waals surface area contributed by atoms with Gasteiger partial charge in [-0.25, -0.2) is 18.5 Å². The zero-order valence-corrected chi connectivity index (χ0v) is 46.5. The number of methoxy groups -OCH3 is 1. The molecule has 4 rings (SSSR count). The number of hydrogen-bond donors (Lipinski definition) is 3. The monoisotopic (exact) mass is 1150 g/mol. The molecule has 5 atom stereocenters. The molecule has 0 aliphatic carbocycles. The van der Waals surface area contributed by atoms with Crippen LogP contribution in [0.3, 0.4) is 0 Å². The van der Waals surface area contributed by atoms with E-state index in [0.717, 1.165) is 36.0 Å². The summed E-state index contributed by atoms with van der Waals surface area (Å²) in [5.74, 6) is -1.78. The lowest BCUT2D eigenvalue weighted by atomic mass is 10.0. The van der Waals surface area contributed by atoms with Gasteiger partial charge in [0.25, 0.3) is 5.56 Å². The highest BCUT2D eigenvalue weighted by atomic mass is 31.3. The van der Waals surface area contributed by atoms with Crippen LogP contribution in [0, 0.1) is 6.92 Å². The zero-order valence-electron chi connectivity index (χ0n) is 43.8. The average Bonchev–Trinajstić information content (AvgIpc) is 3.85. The maximum Gasteiger partial charge on any atom is 0.539 e. The zero-order chi connectivity index (χ0) is 55.9. The molecular formula is C50H73N2O22P3. The van der Waals surface area contributed by atoms with Crippen molar-refractivity contribution < 1.29 is 93.2 Å². The van der Waals surface area contributed by atoms with E-state index in [9.17, 15) is 47.5 Å². The predicted octanol–water partition coefficient (Wildman–Crippen LogP) is 9.25. The molecule has 27 heteroatoms. The Bertz CT molecular complexity index is 2550. The van der Waals surface area contributed by atoms with E-state index in [-0.39, 0.29) is 67.3 Å². The van der Waals surface area contributed by atoms with Crippen LogP contribution in [0.25, 0.3) is 0 Å². The van der Waals surface area contributed by atoms with Gasteiger partial charge in [-0.3, -0.25) is 37.8 Å². The van der Waals surface area contributed by atoms with Gasteiger partial charge in [0.05, 0.1) is 46.2 Å². The number of H-pyrrole nitrogens is 1. The summed E-state index contributed by atoms with van der Waals surface area (Å²) in [6.45, 7) is 4.05. The van der Waals surface area contributed by atoms with Crippen molar-refractivity contribution >= 4 is 41.4 Å². The minimum atomic E-state index is -5.91. The Balaban J connectivity index is 1.30. The number of carbonyl (C=O) groups is 3. The summed E-state index contributed by atoms with van der Waals surface area (Å²) in [7, 11) is -15.2. The Labute approximate surface area is 447 Å². The van der Waals surface area contributed by atoms with Crippen molar-refractivity contribution in [2.75, 3.05) is 53.4 Å². The van der Waals surface area contributed by atoms with Crippen molar-refractivity contribution in [3.8, 4) is 17.2 Å². The van der Waals surface area contributed by atoms with Crippen molar-refractivity contribution in [2.24, 2.45) is 0 Å². The van der Waals surface area contributed by atoms with Crippen LogP contribution in [-0.4, -0.2) is 96.7 Å². The van der Waals surface area contributed by atoms with Crippen LogP contribution >= 0.6 is 23.5 Å². The first-order valence-electron chi connectivity index (χ1n) is 25.6. The lowest BCUT2D eigenvalue weighted by Crippen LogP contribution is -2.33. The molecule has 77 heavy (non-hydrogen) atoms. The van der Waals surface area contributed by atoms with Gasteiger partial charge in [0, 0.05) is 38.1 Å². The molecule has 1 aromatic heterocycles.